The summed E-state index contributed by atoms with van der Waals surface area (Å²) in [7, 11) is 0. The van der Waals surface area contributed by atoms with Crippen LogP contribution in [0.5, 0.6) is 11.5 Å². The van der Waals surface area contributed by atoms with Gasteiger partial charge in [-0.1, -0.05) is 52.9 Å². The number of halogens is 1. The highest BCUT2D eigenvalue weighted by molar-refractivity contribution is 14.1. The van der Waals surface area contributed by atoms with Crippen LogP contribution in [-0.2, 0) is 11.2 Å². The second-order valence-corrected chi connectivity index (χ2v) is 6.26. The molecule has 1 unspecified atom stereocenters. The predicted octanol–water partition coefficient (Wildman–Crippen LogP) is 4.69. The minimum atomic E-state index is -0.734. The molecule has 0 aliphatic rings. The summed E-state index contributed by atoms with van der Waals surface area (Å²) in [6.45, 7) is 0. The van der Waals surface area contributed by atoms with Gasteiger partial charge in [0, 0.05) is 0 Å². The third-order valence-corrected chi connectivity index (χ3v) is 4.25. The number of benzene rings is 2. The molecule has 1 N–H and O–H groups in total. The molecule has 0 heterocycles. The number of hydrogen-bond acceptors (Lipinski definition) is 2. The van der Waals surface area contributed by atoms with Gasteiger partial charge in [0.1, 0.15) is 15.4 Å². The smallest absolute Gasteiger partial charge is 0.316 e. The van der Waals surface area contributed by atoms with Crippen LogP contribution < -0.4 is 4.74 Å². The fourth-order valence-corrected chi connectivity index (χ4v) is 2.40. The van der Waals surface area contributed by atoms with Crippen molar-refractivity contribution in [3.63, 3.8) is 0 Å². The molecule has 0 spiro atoms. The number of carbonyl (C=O) groups is 1. The molecule has 0 aromatic heterocycles. The maximum Gasteiger partial charge on any atom is 0.316 e. The van der Waals surface area contributed by atoms with Crippen molar-refractivity contribution in [1.29, 1.82) is 0 Å². The first-order valence-electron chi connectivity index (χ1n) is 6.84. The number of alkyl halides is 1. The van der Waals surface area contributed by atoms with Crippen LogP contribution in [0.4, 0.5) is 0 Å². The lowest BCUT2D eigenvalue weighted by Crippen LogP contribution is -2.12. The molecule has 0 radical (unpaired) electrons. The zero-order valence-electron chi connectivity index (χ0n) is 11.5. The molecule has 0 bridgehead atoms. The van der Waals surface area contributed by atoms with E-state index >= 15 is 0 Å². The van der Waals surface area contributed by atoms with E-state index in [4.69, 9.17) is 9.84 Å². The predicted molar refractivity (Wildman–Crippen MR) is 91.3 cm³/mol. The van der Waals surface area contributed by atoms with Gasteiger partial charge in [0.15, 0.2) is 0 Å². The van der Waals surface area contributed by atoms with Crippen molar-refractivity contribution < 1.29 is 14.6 Å². The summed E-state index contributed by atoms with van der Waals surface area (Å²) in [5, 5.41) is 8.83. The highest BCUT2D eigenvalue weighted by atomic mass is 127. The lowest BCUT2D eigenvalue weighted by Gasteiger charge is -2.07. The van der Waals surface area contributed by atoms with Gasteiger partial charge in [-0.2, -0.15) is 0 Å². The summed E-state index contributed by atoms with van der Waals surface area (Å²) < 4.78 is 5.43. The normalized spacial score (nSPS) is 11.9. The monoisotopic (exact) mass is 396 g/mol. The van der Waals surface area contributed by atoms with E-state index < -0.39 is 5.97 Å². The van der Waals surface area contributed by atoms with Crippen LogP contribution in [0.3, 0.4) is 0 Å². The van der Waals surface area contributed by atoms with Crippen molar-refractivity contribution in [2.24, 2.45) is 0 Å². The molecule has 2 rings (SSSR count). The Hall–Kier alpha value is -1.56. The van der Waals surface area contributed by atoms with E-state index in [1.165, 1.54) is 5.56 Å². The number of carboxylic acids is 1. The number of aryl methyl sites for hydroxylation is 1. The molecule has 0 amide bonds. The Morgan fingerprint density at radius 1 is 1.05 bits per heavy atom. The van der Waals surface area contributed by atoms with Crippen LogP contribution in [0.1, 0.15) is 18.4 Å². The third kappa shape index (κ3) is 5.38. The van der Waals surface area contributed by atoms with Crippen LogP contribution in [0, 0.1) is 0 Å². The summed E-state index contributed by atoms with van der Waals surface area (Å²) in [6.07, 6.45) is 2.45. The molecule has 0 saturated carbocycles. The van der Waals surface area contributed by atoms with Crippen molar-refractivity contribution in [3.8, 4) is 11.5 Å². The van der Waals surface area contributed by atoms with E-state index in [0.29, 0.717) is 6.42 Å². The Labute approximate surface area is 138 Å². The van der Waals surface area contributed by atoms with Gasteiger partial charge < -0.3 is 9.84 Å². The summed E-state index contributed by atoms with van der Waals surface area (Å²) in [4.78, 5) is 10.7. The van der Waals surface area contributed by atoms with Crippen LogP contribution in [-0.4, -0.2) is 15.0 Å². The molecule has 3 nitrogen and oxygen atoms in total. The molecule has 110 valence electrons. The number of rotatable bonds is 7. The fourth-order valence-electron chi connectivity index (χ4n) is 1.96. The average molecular weight is 396 g/mol. The van der Waals surface area contributed by atoms with Gasteiger partial charge in [-0.15, -0.1) is 0 Å². The Kier molecular flexibility index (Phi) is 6.04. The minimum absolute atomic E-state index is 0.303. The van der Waals surface area contributed by atoms with E-state index in [2.05, 4.69) is 0 Å². The Bertz CT molecular complexity index is 566. The van der Waals surface area contributed by atoms with Crippen molar-refractivity contribution >= 4 is 28.6 Å². The van der Waals surface area contributed by atoms with E-state index in [1.54, 1.807) is 0 Å². The quantitative estimate of drug-likeness (QED) is 0.546. The fraction of sp³-hybridized carbons (Fsp3) is 0.235. The average Bonchev–Trinajstić information content (AvgIpc) is 2.50. The maximum atomic E-state index is 10.7. The van der Waals surface area contributed by atoms with E-state index in [-0.39, 0.29) is 3.92 Å². The van der Waals surface area contributed by atoms with Gasteiger partial charge in [0.25, 0.3) is 0 Å². The summed E-state index contributed by atoms with van der Waals surface area (Å²) in [5.74, 6) is 0.893. The number of para-hydroxylation sites is 1. The molecule has 1 atom stereocenters. The van der Waals surface area contributed by atoms with Gasteiger partial charge in [0.05, 0.1) is 0 Å². The second-order valence-electron chi connectivity index (χ2n) is 4.76. The number of ether oxygens (including phenoxy) is 1. The molecule has 0 saturated heterocycles. The second kappa shape index (κ2) is 8.02. The summed E-state index contributed by atoms with van der Waals surface area (Å²) >= 11 is 1.97. The summed E-state index contributed by atoms with van der Waals surface area (Å²) in [6, 6.07) is 17.6. The Morgan fingerprint density at radius 3 is 2.29 bits per heavy atom. The molecule has 4 heteroatoms. The lowest BCUT2D eigenvalue weighted by atomic mass is 10.1. The molecule has 0 aliphatic heterocycles. The van der Waals surface area contributed by atoms with Crippen molar-refractivity contribution in [2.45, 2.75) is 23.2 Å². The van der Waals surface area contributed by atoms with Crippen molar-refractivity contribution in [3.05, 3.63) is 60.2 Å². The molecular weight excluding hydrogens is 379 g/mol. The van der Waals surface area contributed by atoms with Gasteiger partial charge >= 0.3 is 5.97 Å². The first-order chi connectivity index (χ1) is 10.1. The maximum absolute atomic E-state index is 10.7. The van der Waals surface area contributed by atoms with E-state index in [1.807, 2.05) is 77.2 Å². The molecule has 2 aromatic carbocycles. The largest absolute Gasteiger partial charge is 0.480 e. The number of carboxylic acid groups (broad SMARTS) is 1. The molecular formula is C17H17IO3. The van der Waals surface area contributed by atoms with Gasteiger partial charge in [-0.05, 0) is 49.1 Å². The van der Waals surface area contributed by atoms with Crippen LogP contribution in [0.25, 0.3) is 0 Å². The zero-order valence-corrected chi connectivity index (χ0v) is 13.7. The number of hydrogen-bond donors (Lipinski definition) is 1. The zero-order chi connectivity index (χ0) is 15.1. The molecule has 21 heavy (non-hydrogen) atoms. The SMILES string of the molecule is O=C(O)C(I)CCCc1ccc(Oc2ccccc2)cc1. The molecule has 0 aliphatic carbocycles. The van der Waals surface area contributed by atoms with Crippen LogP contribution >= 0.6 is 22.6 Å². The first-order valence-corrected chi connectivity index (χ1v) is 8.08. The Morgan fingerprint density at radius 2 is 1.67 bits per heavy atom. The van der Waals surface area contributed by atoms with Gasteiger partial charge in [0.2, 0.25) is 0 Å². The standard InChI is InChI=1S/C17H17IO3/c18-16(17(19)20)8-4-5-13-9-11-15(12-10-13)21-14-6-2-1-3-7-14/h1-3,6-7,9-12,16H,4-5,8H2,(H,19,20). The van der Waals surface area contributed by atoms with Crippen molar-refractivity contribution in [1.82, 2.24) is 0 Å². The van der Waals surface area contributed by atoms with E-state index in [0.717, 1.165) is 24.3 Å². The highest BCUT2D eigenvalue weighted by Crippen LogP contribution is 2.22. The molecule has 0 fully saturated rings. The molecule has 2 aromatic rings. The Balaban J connectivity index is 1.83. The van der Waals surface area contributed by atoms with Crippen LogP contribution in [0.2, 0.25) is 0 Å². The van der Waals surface area contributed by atoms with E-state index in [9.17, 15) is 4.79 Å². The third-order valence-electron chi connectivity index (χ3n) is 3.09. The first kappa shape index (κ1) is 15.8. The summed E-state index contributed by atoms with van der Waals surface area (Å²) in [5.41, 5.74) is 1.20. The number of aliphatic carboxylic acids is 1. The minimum Gasteiger partial charge on any atom is -0.480 e. The van der Waals surface area contributed by atoms with Crippen LogP contribution in [0.15, 0.2) is 54.6 Å². The highest BCUT2D eigenvalue weighted by Gasteiger charge is 2.11. The lowest BCUT2D eigenvalue weighted by molar-refractivity contribution is -0.136. The van der Waals surface area contributed by atoms with Crippen molar-refractivity contribution in [2.75, 3.05) is 0 Å². The topological polar surface area (TPSA) is 46.5 Å². The van der Waals surface area contributed by atoms with Gasteiger partial charge in [-0.3, -0.25) is 4.79 Å². The van der Waals surface area contributed by atoms with Gasteiger partial charge in [-0.25, -0.2) is 0 Å².